The molecule has 22 heavy (non-hydrogen) atoms. The van der Waals surface area contributed by atoms with Crippen molar-refractivity contribution in [2.75, 3.05) is 5.32 Å². The van der Waals surface area contributed by atoms with Gasteiger partial charge in [0.15, 0.2) is 5.65 Å². The van der Waals surface area contributed by atoms with E-state index in [9.17, 15) is 4.79 Å². The molecule has 0 saturated carbocycles. The Morgan fingerprint density at radius 1 is 1.05 bits per heavy atom. The molecule has 0 saturated heterocycles. The molecule has 0 radical (unpaired) electrons. The third-order valence-electron chi connectivity index (χ3n) is 3.75. The van der Waals surface area contributed by atoms with Gasteiger partial charge in [-0.2, -0.15) is 5.10 Å². The summed E-state index contributed by atoms with van der Waals surface area (Å²) in [6.45, 7) is 7.83. The molecule has 0 spiro atoms. The summed E-state index contributed by atoms with van der Waals surface area (Å²) in [5.41, 5.74) is 5.41. The molecule has 0 aliphatic rings. The van der Waals surface area contributed by atoms with Gasteiger partial charge in [0.2, 0.25) is 0 Å². The van der Waals surface area contributed by atoms with Gasteiger partial charge in [-0.25, -0.2) is 9.50 Å². The summed E-state index contributed by atoms with van der Waals surface area (Å²) in [4.78, 5) is 16.7. The molecule has 3 aromatic rings. The highest BCUT2D eigenvalue weighted by Crippen LogP contribution is 2.17. The monoisotopic (exact) mass is 294 g/mol. The number of rotatable bonds is 2. The van der Waals surface area contributed by atoms with Crippen LogP contribution < -0.4 is 5.32 Å². The Kier molecular flexibility index (Phi) is 3.41. The summed E-state index contributed by atoms with van der Waals surface area (Å²) >= 11 is 0. The van der Waals surface area contributed by atoms with E-state index < -0.39 is 0 Å². The first-order valence-corrected chi connectivity index (χ1v) is 7.16. The third-order valence-corrected chi connectivity index (χ3v) is 3.75. The number of carbonyl (C=O) groups excluding carboxylic acids is 1. The Morgan fingerprint density at radius 2 is 1.82 bits per heavy atom. The fourth-order valence-corrected chi connectivity index (χ4v) is 2.41. The van der Waals surface area contributed by atoms with E-state index in [0.29, 0.717) is 17.1 Å². The smallest absolute Gasteiger partial charge is 0.255 e. The van der Waals surface area contributed by atoms with Crippen LogP contribution in [0.4, 0.5) is 5.69 Å². The first kappa shape index (κ1) is 14.3. The molecule has 1 aromatic carbocycles. The summed E-state index contributed by atoms with van der Waals surface area (Å²) in [5, 5.41) is 7.21. The van der Waals surface area contributed by atoms with Crippen LogP contribution in [0.15, 0.2) is 30.5 Å². The number of pyridine rings is 1. The molecule has 0 fully saturated rings. The molecule has 112 valence electrons. The van der Waals surface area contributed by atoms with Gasteiger partial charge in [0, 0.05) is 5.56 Å². The molecule has 5 nitrogen and oxygen atoms in total. The van der Waals surface area contributed by atoms with Crippen molar-refractivity contribution in [2.24, 2.45) is 0 Å². The Bertz CT molecular complexity index is 880. The van der Waals surface area contributed by atoms with Gasteiger partial charge in [-0.1, -0.05) is 6.07 Å². The van der Waals surface area contributed by atoms with Crippen molar-refractivity contribution in [1.82, 2.24) is 14.6 Å². The van der Waals surface area contributed by atoms with Crippen molar-refractivity contribution in [2.45, 2.75) is 27.7 Å². The van der Waals surface area contributed by atoms with Crippen LogP contribution in [0.3, 0.4) is 0 Å². The average molecular weight is 294 g/mol. The zero-order valence-corrected chi connectivity index (χ0v) is 13.1. The van der Waals surface area contributed by atoms with Crippen LogP contribution in [0.1, 0.15) is 32.9 Å². The Labute approximate surface area is 129 Å². The first-order valence-electron chi connectivity index (χ1n) is 7.16. The lowest BCUT2D eigenvalue weighted by Crippen LogP contribution is -2.13. The molecule has 3 rings (SSSR count). The van der Waals surface area contributed by atoms with Gasteiger partial charge in [-0.3, -0.25) is 4.79 Å². The largest absolute Gasteiger partial charge is 0.321 e. The minimum absolute atomic E-state index is 0.126. The highest BCUT2D eigenvalue weighted by atomic mass is 16.1. The molecular weight excluding hydrogens is 276 g/mol. The van der Waals surface area contributed by atoms with Crippen LogP contribution in [-0.4, -0.2) is 20.5 Å². The lowest BCUT2D eigenvalue weighted by molar-refractivity contribution is 0.102. The van der Waals surface area contributed by atoms with Crippen molar-refractivity contribution in [3.63, 3.8) is 0 Å². The Morgan fingerprint density at radius 3 is 2.55 bits per heavy atom. The normalized spacial score (nSPS) is 10.9. The van der Waals surface area contributed by atoms with Crippen LogP contribution in [-0.2, 0) is 0 Å². The molecule has 0 aliphatic heterocycles. The number of benzene rings is 1. The molecule has 2 heterocycles. The minimum Gasteiger partial charge on any atom is -0.321 e. The Balaban J connectivity index is 1.91. The van der Waals surface area contributed by atoms with Crippen LogP contribution in [0.2, 0.25) is 0 Å². The predicted molar refractivity (Wildman–Crippen MR) is 86.3 cm³/mol. The van der Waals surface area contributed by atoms with Crippen molar-refractivity contribution in [1.29, 1.82) is 0 Å². The maximum absolute atomic E-state index is 12.4. The van der Waals surface area contributed by atoms with Gasteiger partial charge in [0.1, 0.15) is 5.82 Å². The zero-order valence-electron chi connectivity index (χ0n) is 13.1. The van der Waals surface area contributed by atoms with Gasteiger partial charge < -0.3 is 5.32 Å². The molecule has 0 aliphatic carbocycles. The van der Waals surface area contributed by atoms with E-state index in [2.05, 4.69) is 15.4 Å². The van der Waals surface area contributed by atoms with Crippen LogP contribution in [0, 0.1) is 27.7 Å². The summed E-state index contributed by atoms with van der Waals surface area (Å²) in [5.74, 6) is 0.583. The number of hydrogen-bond donors (Lipinski definition) is 1. The van der Waals surface area contributed by atoms with E-state index in [-0.39, 0.29) is 5.91 Å². The average Bonchev–Trinajstić information content (AvgIpc) is 2.83. The van der Waals surface area contributed by atoms with Gasteiger partial charge in [-0.05, 0) is 62.6 Å². The third kappa shape index (κ3) is 2.57. The van der Waals surface area contributed by atoms with Crippen molar-refractivity contribution in [3.8, 4) is 0 Å². The van der Waals surface area contributed by atoms with Gasteiger partial charge in [0.25, 0.3) is 5.91 Å². The summed E-state index contributed by atoms with van der Waals surface area (Å²) in [7, 11) is 0. The SMILES string of the molecule is Cc1nc2c(C)cc(NC(=O)c3ccc(C)c(C)c3)cn2n1. The molecule has 0 atom stereocenters. The summed E-state index contributed by atoms with van der Waals surface area (Å²) in [6.07, 6.45) is 1.78. The van der Waals surface area contributed by atoms with E-state index in [1.807, 2.05) is 52.0 Å². The van der Waals surface area contributed by atoms with Crippen LogP contribution in [0.25, 0.3) is 5.65 Å². The van der Waals surface area contributed by atoms with Gasteiger partial charge >= 0.3 is 0 Å². The number of anilines is 1. The van der Waals surface area contributed by atoms with Crippen molar-refractivity contribution in [3.05, 3.63) is 58.5 Å². The maximum atomic E-state index is 12.4. The van der Waals surface area contributed by atoms with Crippen molar-refractivity contribution >= 4 is 17.2 Å². The Hall–Kier alpha value is -2.69. The summed E-state index contributed by atoms with van der Waals surface area (Å²) < 4.78 is 1.70. The number of amides is 1. The molecule has 0 bridgehead atoms. The van der Waals surface area contributed by atoms with Crippen molar-refractivity contribution < 1.29 is 4.79 Å². The van der Waals surface area contributed by atoms with E-state index in [1.54, 1.807) is 10.7 Å². The minimum atomic E-state index is -0.126. The standard InChI is InChI=1S/C17H18N4O/c1-10-5-6-14(7-11(10)2)17(22)19-15-8-12(3)16-18-13(4)20-21(16)9-15/h5-9H,1-4H3,(H,19,22). The summed E-state index contributed by atoms with van der Waals surface area (Å²) in [6, 6.07) is 7.60. The second-order valence-corrected chi connectivity index (χ2v) is 5.59. The highest BCUT2D eigenvalue weighted by molar-refractivity contribution is 6.04. The second kappa shape index (κ2) is 5.26. The van der Waals surface area contributed by atoms with E-state index in [1.165, 1.54) is 5.56 Å². The molecule has 1 N–H and O–H groups in total. The molecular formula is C17H18N4O. The number of carbonyl (C=O) groups is 1. The van der Waals surface area contributed by atoms with E-state index >= 15 is 0 Å². The quantitative estimate of drug-likeness (QED) is 0.789. The fourth-order valence-electron chi connectivity index (χ4n) is 2.41. The molecule has 1 amide bonds. The maximum Gasteiger partial charge on any atom is 0.255 e. The molecule has 0 unspecified atom stereocenters. The number of aromatic nitrogens is 3. The van der Waals surface area contributed by atoms with Gasteiger partial charge in [0.05, 0.1) is 11.9 Å². The van der Waals surface area contributed by atoms with Gasteiger partial charge in [-0.15, -0.1) is 0 Å². The number of aryl methyl sites for hydroxylation is 4. The topological polar surface area (TPSA) is 59.3 Å². The second-order valence-electron chi connectivity index (χ2n) is 5.59. The number of hydrogen-bond acceptors (Lipinski definition) is 3. The molecule has 5 heteroatoms. The highest BCUT2D eigenvalue weighted by Gasteiger charge is 2.10. The number of fused-ring (bicyclic) bond motifs is 1. The van der Waals surface area contributed by atoms with E-state index in [4.69, 9.17) is 0 Å². The molecule has 2 aromatic heterocycles. The van der Waals surface area contributed by atoms with Crippen LogP contribution >= 0.6 is 0 Å². The number of nitrogens with zero attached hydrogens (tertiary/aromatic N) is 3. The van der Waals surface area contributed by atoms with Crippen LogP contribution in [0.5, 0.6) is 0 Å². The zero-order chi connectivity index (χ0) is 15.9. The fraction of sp³-hybridized carbons (Fsp3) is 0.235. The lowest BCUT2D eigenvalue weighted by Gasteiger charge is -2.08. The van der Waals surface area contributed by atoms with E-state index in [0.717, 1.165) is 16.8 Å². The lowest BCUT2D eigenvalue weighted by atomic mass is 10.1. The number of nitrogens with one attached hydrogen (secondary N) is 1. The first-order chi connectivity index (χ1) is 10.4. The predicted octanol–water partition coefficient (Wildman–Crippen LogP) is 3.22.